The van der Waals surface area contributed by atoms with Crippen LogP contribution in [0.4, 0.5) is 4.79 Å². The Balaban J connectivity index is 1.53. The van der Waals surface area contributed by atoms with Gasteiger partial charge < -0.3 is 15.0 Å². The first-order valence-electron chi connectivity index (χ1n) is 7.28. The van der Waals surface area contributed by atoms with Crippen LogP contribution < -0.4 is 5.32 Å². The zero-order chi connectivity index (χ0) is 16.1. The number of aromatic amines is 1. The molecule has 1 amide bonds. The van der Waals surface area contributed by atoms with E-state index >= 15 is 0 Å². The minimum absolute atomic E-state index is 0.102. The van der Waals surface area contributed by atoms with E-state index in [4.69, 9.17) is 4.74 Å². The van der Waals surface area contributed by atoms with Gasteiger partial charge in [0.25, 0.3) is 0 Å². The third kappa shape index (κ3) is 3.58. The molecule has 1 aromatic heterocycles. The predicted molar refractivity (Wildman–Crippen MR) is 87.3 cm³/mol. The van der Waals surface area contributed by atoms with Gasteiger partial charge in [0.1, 0.15) is 6.61 Å². The molecule has 0 fully saturated rings. The van der Waals surface area contributed by atoms with Crippen molar-refractivity contribution in [2.75, 3.05) is 6.54 Å². The van der Waals surface area contributed by atoms with Crippen molar-refractivity contribution >= 4 is 22.8 Å². The zero-order valence-electron chi connectivity index (χ0n) is 12.4. The predicted octanol–water partition coefficient (Wildman–Crippen LogP) is 3.28. The average Bonchev–Trinajstić information content (AvgIpc) is 3.03. The summed E-state index contributed by atoms with van der Waals surface area (Å²) >= 11 is 0. The van der Waals surface area contributed by atoms with E-state index in [-0.39, 0.29) is 18.9 Å². The number of H-pyrrole nitrogens is 1. The fraction of sp³-hybridized carbons (Fsp3) is 0.111. The monoisotopic (exact) mass is 308 g/mol. The van der Waals surface area contributed by atoms with Gasteiger partial charge in [0, 0.05) is 22.7 Å². The van der Waals surface area contributed by atoms with E-state index in [0.717, 1.165) is 16.5 Å². The summed E-state index contributed by atoms with van der Waals surface area (Å²) in [5, 5.41) is 3.33. The van der Waals surface area contributed by atoms with Crippen LogP contribution in [0.1, 0.15) is 15.9 Å². The maximum absolute atomic E-state index is 12.2. The molecule has 0 unspecified atom stereocenters. The summed E-state index contributed by atoms with van der Waals surface area (Å²) in [7, 11) is 0. The summed E-state index contributed by atoms with van der Waals surface area (Å²) in [4.78, 5) is 26.9. The first-order valence-corrected chi connectivity index (χ1v) is 7.28. The van der Waals surface area contributed by atoms with Crippen LogP contribution in [0, 0.1) is 0 Å². The van der Waals surface area contributed by atoms with Crippen molar-refractivity contribution in [3.63, 3.8) is 0 Å². The number of ether oxygens (including phenoxy) is 1. The van der Waals surface area contributed by atoms with Crippen LogP contribution in [0.2, 0.25) is 0 Å². The zero-order valence-corrected chi connectivity index (χ0v) is 12.4. The number of carbonyl (C=O) groups is 2. The molecule has 2 N–H and O–H groups in total. The van der Waals surface area contributed by atoms with E-state index in [1.54, 1.807) is 6.20 Å². The minimum Gasteiger partial charge on any atom is -0.445 e. The van der Waals surface area contributed by atoms with Crippen LogP contribution in [-0.4, -0.2) is 23.4 Å². The number of amides is 1. The van der Waals surface area contributed by atoms with Crippen LogP contribution in [-0.2, 0) is 11.3 Å². The summed E-state index contributed by atoms with van der Waals surface area (Å²) in [5.74, 6) is -0.167. The maximum Gasteiger partial charge on any atom is 0.407 e. The van der Waals surface area contributed by atoms with Gasteiger partial charge in [0.05, 0.1) is 6.54 Å². The fourth-order valence-electron chi connectivity index (χ4n) is 2.32. The second kappa shape index (κ2) is 6.79. The molecule has 5 nitrogen and oxygen atoms in total. The van der Waals surface area contributed by atoms with Crippen molar-refractivity contribution in [2.24, 2.45) is 0 Å². The number of carbonyl (C=O) groups excluding carboxylic acids is 2. The number of Topliss-reactive ketones (excluding diaryl/α,β-unsaturated/α-hetero) is 1. The lowest BCUT2D eigenvalue weighted by molar-refractivity contribution is 0.0975. The summed E-state index contributed by atoms with van der Waals surface area (Å²) in [6.07, 6.45) is 1.05. The van der Waals surface area contributed by atoms with Crippen molar-refractivity contribution in [1.29, 1.82) is 0 Å². The number of para-hydroxylation sites is 1. The molecule has 0 bridgehead atoms. The van der Waals surface area contributed by atoms with Gasteiger partial charge in [-0.2, -0.15) is 0 Å². The molecule has 3 aromatic rings. The first-order chi connectivity index (χ1) is 11.2. The summed E-state index contributed by atoms with van der Waals surface area (Å²) in [5.41, 5.74) is 2.34. The highest BCUT2D eigenvalue weighted by Gasteiger charge is 2.13. The van der Waals surface area contributed by atoms with E-state index in [1.165, 1.54) is 0 Å². The highest BCUT2D eigenvalue weighted by Crippen LogP contribution is 2.17. The largest absolute Gasteiger partial charge is 0.445 e. The molecule has 0 spiro atoms. The molecule has 0 aliphatic heterocycles. The number of hydrogen-bond donors (Lipinski definition) is 2. The SMILES string of the molecule is O=C(NCC(=O)c1c[nH]c2ccccc12)OCc1ccccc1. The molecule has 23 heavy (non-hydrogen) atoms. The number of ketones is 1. The van der Waals surface area contributed by atoms with Gasteiger partial charge in [-0.1, -0.05) is 48.5 Å². The molecule has 0 atom stereocenters. The Morgan fingerprint density at radius 1 is 1.00 bits per heavy atom. The molecule has 2 aromatic carbocycles. The van der Waals surface area contributed by atoms with E-state index in [1.807, 2.05) is 54.6 Å². The van der Waals surface area contributed by atoms with Crippen molar-refractivity contribution in [1.82, 2.24) is 10.3 Å². The molecule has 0 saturated carbocycles. The molecule has 0 radical (unpaired) electrons. The second-order valence-electron chi connectivity index (χ2n) is 5.09. The van der Waals surface area contributed by atoms with Gasteiger partial charge in [-0.25, -0.2) is 4.79 Å². The number of rotatable bonds is 5. The van der Waals surface area contributed by atoms with Crippen LogP contribution in [0.5, 0.6) is 0 Å². The summed E-state index contributed by atoms with van der Waals surface area (Å²) in [6.45, 7) is 0.0728. The Hall–Kier alpha value is -3.08. The lowest BCUT2D eigenvalue weighted by atomic mass is 10.1. The van der Waals surface area contributed by atoms with Crippen LogP contribution in [0.25, 0.3) is 10.9 Å². The van der Waals surface area contributed by atoms with Crippen LogP contribution in [0.3, 0.4) is 0 Å². The molecule has 0 aliphatic rings. The van der Waals surface area contributed by atoms with Gasteiger partial charge in [-0.05, 0) is 11.6 Å². The number of alkyl carbamates (subject to hydrolysis) is 1. The van der Waals surface area contributed by atoms with Crippen LogP contribution >= 0.6 is 0 Å². The van der Waals surface area contributed by atoms with Gasteiger partial charge in [-0.15, -0.1) is 0 Å². The second-order valence-corrected chi connectivity index (χ2v) is 5.09. The van der Waals surface area contributed by atoms with E-state index in [9.17, 15) is 9.59 Å². The standard InChI is InChI=1S/C18H16N2O3/c21-17(15-10-19-16-9-5-4-8-14(15)16)11-20-18(22)23-12-13-6-2-1-3-7-13/h1-10,19H,11-12H2,(H,20,22). The van der Waals surface area contributed by atoms with Crippen molar-refractivity contribution in [3.8, 4) is 0 Å². The average molecular weight is 308 g/mol. The molecule has 5 heteroatoms. The van der Waals surface area contributed by atoms with E-state index < -0.39 is 6.09 Å². The lowest BCUT2D eigenvalue weighted by Gasteiger charge is -2.06. The van der Waals surface area contributed by atoms with Gasteiger partial charge in [-0.3, -0.25) is 4.79 Å². The topological polar surface area (TPSA) is 71.2 Å². The Bertz CT molecular complexity index is 824. The molecular weight excluding hydrogens is 292 g/mol. The summed E-state index contributed by atoms with van der Waals surface area (Å²) in [6, 6.07) is 16.9. The van der Waals surface area contributed by atoms with Crippen molar-refractivity contribution in [3.05, 3.63) is 71.9 Å². The smallest absolute Gasteiger partial charge is 0.407 e. The number of benzene rings is 2. The Kier molecular flexibility index (Phi) is 4.38. The number of fused-ring (bicyclic) bond motifs is 1. The third-order valence-electron chi connectivity index (χ3n) is 3.50. The Morgan fingerprint density at radius 3 is 2.57 bits per heavy atom. The summed E-state index contributed by atoms with van der Waals surface area (Å²) < 4.78 is 5.07. The van der Waals surface area contributed by atoms with E-state index in [2.05, 4.69) is 10.3 Å². The number of aromatic nitrogens is 1. The number of nitrogens with one attached hydrogen (secondary N) is 2. The van der Waals surface area contributed by atoms with Crippen molar-refractivity contribution < 1.29 is 14.3 Å². The lowest BCUT2D eigenvalue weighted by Crippen LogP contribution is -2.30. The van der Waals surface area contributed by atoms with E-state index in [0.29, 0.717) is 5.56 Å². The van der Waals surface area contributed by atoms with Crippen LogP contribution in [0.15, 0.2) is 60.8 Å². The molecule has 0 saturated heterocycles. The Morgan fingerprint density at radius 2 is 1.74 bits per heavy atom. The first kappa shape index (κ1) is 14.8. The van der Waals surface area contributed by atoms with Gasteiger partial charge in [0.15, 0.2) is 5.78 Å². The Labute approximate surface area is 133 Å². The molecule has 116 valence electrons. The maximum atomic E-state index is 12.2. The molecular formula is C18H16N2O3. The fourth-order valence-corrected chi connectivity index (χ4v) is 2.32. The van der Waals surface area contributed by atoms with Crippen molar-refractivity contribution in [2.45, 2.75) is 6.61 Å². The highest BCUT2D eigenvalue weighted by molar-refractivity contribution is 6.09. The number of hydrogen-bond acceptors (Lipinski definition) is 3. The molecule has 3 rings (SSSR count). The normalized spacial score (nSPS) is 10.4. The third-order valence-corrected chi connectivity index (χ3v) is 3.50. The minimum atomic E-state index is -0.609. The van der Waals surface area contributed by atoms with Gasteiger partial charge >= 0.3 is 6.09 Å². The molecule has 1 heterocycles. The highest BCUT2D eigenvalue weighted by atomic mass is 16.5. The molecule has 0 aliphatic carbocycles. The quantitative estimate of drug-likeness (QED) is 0.711. The van der Waals surface area contributed by atoms with Gasteiger partial charge in [0.2, 0.25) is 0 Å².